The minimum atomic E-state index is -0.455. The van der Waals surface area contributed by atoms with Crippen LogP contribution < -0.4 is 4.90 Å². The molecule has 246 valence electrons. The molecule has 0 bridgehead atoms. The highest BCUT2D eigenvalue weighted by atomic mass is 19.1. The lowest BCUT2D eigenvalue weighted by atomic mass is 9.92. The molecule has 9 nitrogen and oxygen atoms in total. The minimum Gasteiger partial charge on any atom is -0.379 e. The molecule has 0 saturated carbocycles. The number of fused-ring (bicyclic) bond motifs is 1. The Labute approximate surface area is 279 Å². The number of rotatable bonds is 7. The third-order valence-electron chi connectivity index (χ3n) is 9.61. The molecule has 0 unspecified atom stereocenters. The van der Waals surface area contributed by atoms with Crippen molar-refractivity contribution in [2.75, 3.05) is 37.7 Å². The van der Waals surface area contributed by atoms with Gasteiger partial charge < -0.3 is 14.2 Å². The van der Waals surface area contributed by atoms with Gasteiger partial charge in [0.1, 0.15) is 5.82 Å². The van der Waals surface area contributed by atoms with Gasteiger partial charge in [-0.2, -0.15) is 5.10 Å². The first-order valence-electron chi connectivity index (χ1n) is 16.3. The summed E-state index contributed by atoms with van der Waals surface area (Å²) in [4.78, 5) is 34.9. The number of para-hydroxylation sites is 1. The summed E-state index contributed by atoms with van der Waals surface area (Å²) in [5.74, 6) is -0.870. The minimum absolute atomic E-state index is 0.0606. The molecule has 2 aliphatic heterocycles. The summed E-state index contributed by atoms with van der Waals surface area (Å²) in [5.41, 5.74) is 6.24. The van der Waals surface area contributed by atoms with Gasteiger partial charge in [0.05, 0.1) is 30.7 Å². The van der Waals surface area contributed by atoms with Gasteiger partial charge in [-0.05, 0) is 60.9 Å². The molecular formula is C38H39FN6O3. The van der Waals surface area contributed by atoms with Crippen LogP contribution in [0.4, 0.5) is 15.8 Å². The highest BCUT2D eigenvalue weighted by Crippen LogP contribution is 2.35. The number of amides is 2. The summed E-state index contributed by atoms with van der Waals surface area (Å²) in [6.07, 6.45) is 4.18. The number of hydrogen-bond donors (Lipinski definition) is 0. The smallest absolute Gasteiger partial charge is 0.264 e. The number of nitrogens with zero attached hydrogens (tertiary/aromatic N) is 6. The Balaban J connectivity index is 1.27. The van der Waals surface area contributed by atoms with E-state index >= 15 is 4.39 Å². The summed E-state index contributed by atoms with van der Waals surface area (Å²) in [5, 5.41) is 4.30. The van der Waals surface area contributed by atoms with Crippen LogP contribution in [-0.2, 0) is 31.8 Å². The van der Waals surface area contributed by atoms with Gasteiger partial charge in [-0.3, -0.25) is 24.1 Å². The average Bonchev–Trinajstić information content (AvgIpc) is 3.66. The first-order chi connectivity index (χ1) is 23.3. The molecular weight excluding hydrogens is 607 g/mol. The summed E-state index contributed by atoms with van der Waals surface area (Å²) < 4.78 is 24.1. The molecule has 2 aliphatic rings. The van der Waals surface area contributed by atoms with Gasteiger partial charge in [0.15, 0.2) is 0 Å². The van der Waals surface area contributed by atoms with Crippen molar-refractivity contribution >= 4 is 23.2 Å². The maximum absolute atomic E-state index is 15.1. The van der Waals surface area contributed by atoms with Crippen LogP contribution >= 0.6 is 0 Å². The molecule has 1 atom stereocenters. The lowest BCUT2D eigenvalue weighted by molar-refractivity contribution is 0.0193. The van der Waals surface area contributed by atoms with Gasteiger partial charge in [0.25, 0.3) is 11.8 Å². The van der Waals surface area contributed by atoms with E-state index in [1.807, 2.05) is 65.9 Å². The van der Waals surface area contributed by atoms with Crippen molar-refractivity contribution in [2.24, 2.45) is 14.1 Å². The SMILES string of the molecule is Cc1c(C(=O)N(c2ccccc2)c2cnn(C)c2)cc(-c2cc(F)ccc2C(=O)N2Cc3ccccc3C[C@H]2CN2CCOCC2)n1C. The number of anilines is 2. The summed E-state index contributed by atoms with van der Waals surface area (Å²) in [6.45, 7) is 6.05. The number of aromatic nitrogens is 3. The van der Waals surface area contributed by atoms with Gasteiger partial charge in [0, 0.05) is 80.7 Å². The van der Waals surface area contributed by atoms with E-state index in [1.54, 1.807) is 41.2 Å². The second kappa shape index (κ2) is 13.2. The fourth-order valence-electron chi connectivity index (χ4n) is 6.92. The Morgan fingerprint density at radius 2 is 1.65 bits per heavy atom. The average molecular weight is 647 g/mol. The number of ether oxygens (including phenoxy) is 1. The van der Waals surface area contributed by atoms with Gasteiger partial charge >= 0.3 is 0 Å². The van der Waals surface area contributed by atoms with E-state index < -0.39 is 5.82 Å². The predicted molar refractivity (Wildman–Crippen MR) is 183 cm³/mol. The van der Waals surface area contributed by atoms with Crippen molar-refractivity contribution in [1.82, 2.24) is 24.1 Å². The quantitative estimate of drug-likeness (QED) is 0.225. The van der Waals surface area contributed by atoms with Crippen molar-refractivity contribution in [3.05, 3.63) is 125 Å². The van der Waals surface area contributed by atoms with E-state index in [0.717, 1.165) is 31.6 Å². The lowest BCUT2D eigenvalue weighted by Gasteiger charge is -2.40. The molecule has 2 amide bonds. The normalized spacial score (nSPS) is 16.5. The van der Waals surface area contributed by atoms with Crippen molar-refractivity contribution in [3.63, 3.8) is 0 Å². The molecule has 3 aromatic carbocycles. The first-order valence-corrected chi connectivity index (χ1v) is 16.3. The van der Waals surface area contributed by atoms with E-state index in [0.29, 0.717) is 59.2 Å². The Bertz CT molecular complexity index is 1960. The molecule has 5 aromatic rings. The van der Waals surface area contributed by atoms with Gasteiger partial charge in [-0.15, -0.1) is 0 Å². The highest BCUT2D eigenvalue weighted by molar-refractivity contribution is 6.12. The summed E-state index contributed by atoms with van der Waals surface area (Å²) in [7, 11) is 3.65. The van der Waals surface area contributed by atoms with E-state index in [1.165, 1.54) is 17.7 Å². The molecule has 4 heterocycles. The van der Waals surface area contributed by atoms with Crippen molar-refractivity contribution in [1.29, 1.82) is 0 Å². The largest absolute Gasteiger partial charge is 0.379 e. The first kappa shape index (κ1) is 31.5. The molecule has 0 aliphatic carbocycles. The van der Waals surface area contributed by atoms with Crippen LogP contribution in [0.1, 0.15) is 37.5 Å². The number of aryl methyl sites for hydroxylation is 1. The maximum Gasteiger partial charge on any atom is 0.264 e. The van der Waals surface area contributed by atoms with E-state index in [2.05, 4.69) is 22.1 Å². The summed E-state index contributed by atoms with van der Waals surface area (Å²) >= 11 is 0. The fraction of sp³-hybridized carbons (Fsp3) is 0.289. The van der Waals surface area contributed by atoms with Crippen molar-refractivity contribution in [2.45, 2.75) is 25.9 Å². The molecule has 7 rings (SSSR count). The second-order valence-corrected chi connectivity index (χ2v) is 12.6. The Morgan fingerprint density at radius 1 is 0.917 bits per heavy atom. The number of carbonyl (C=O) groups is 2. The maximum atomic E-state index is 15.1. The zero-order valence-corrected chi connectivity index (χ0v) is 27.5. The van der Waals surface area contributed by atoms with Crippen LogP contribution in [0, 0.1) is 12.7 Å². The van der Waals surface area contributed by atoms with Crippen molar-refractivity contribution < 1.29 is 18.7 Å². The van der Waals surface area contributed by atoms with Gasteiger partial charge in [-0.25, -0.2) is 4.39 Å². The molecule has 1 saturated heterocycles. The number of morpholine rings is 1. The number of hydrogen-bond acceptors (Lipinski definition) is 5. The highest BCUT2D eigenvalue weighted by Gasteiger charge is 2.34. The molecule has 0 radical (unpaired) electrons. The van der Waals surface area contributed by atoms with E-state index in [4.69, 9.17) is 4.74 Å². The third kappa shape index (κ3) is 6.05. The van der Waals surface area contributed by atoms with Crippen LogP contribution in [0.3, 0.4) is 0 Å². The molecule has 1 fully saturated rings. The third-order valence-corrected chi connectivity index (χ3v) is 9.61. The molecule has 0 N–H and O–H groups in total. The summed E-state index contributed by atoms with van der Waals surface area (Å²) in [6, 6.07) is 23.7. The molecule has 0 spiro atoms. The molecule has 48 heavy (non-hydrogen) atoms. The Kier molecular flexibility index (Phi) is 8.68. The number of carbonyl (C=O) groups excluding carboxylic acids is 2. The number of benzene rings is 3. The van der Waals surface area contributed by atoms with E-state index in [9.17, 15) is 9.59 Å². The van der Waals surface area contributed by atoms with Crippen LogP contribution in [0.2, 0.25) is 0 Å². The Morgan fingerprint density at radius 3 is 2.38 bits per heavy atom. The zero-order valence-electron chi connectivity index (χ0n) is 27.5. The fourth-order valence-corrected chi connectivity index (χ4v) is 6.92. The van der Waals surface area contributed by atoms with Crippen molar-refractivity contribution in [3.8, 4) is 11.3 Å². The molecule has 2 aromatic heterocycles. The lowest BCUT2D eigenvalue weighted by Crippen LogP contribution is -2.52. The van der Waals surface area contributed by atoms with Crippen LogP contribution in [0.5, 0.6) is 0 Å². The Hall–Kier alpha value is -5.06. The zero-order chi connectivity index (χ0) is 33.4. The van der Waals surface area contributed by atoms with Crippen LogP contribution in [0.15, 0.2) is 91.3 Å². The number of halogens is 1. The second-order valence-electron chi connectivity index (χ2n) is 12.6. The van der Waals surface area contributed by atoms with Gasteiger partial charge in [0.2, 0.25) is 0 Å². The van der Waals surface area contributed by atoms with Crippen LogP contribution in [0.25, 0.3) is 11.3 Å². The van der Waals surface area contributed by atoms with Gasteiger partial charge in [-0.1, -0.05) is 42.5 Å². The topological polar surface area (TPSA) is 75.8 Å². The van der Waals surface area contributed by atoms with E-state index in [-0.39, 0.29) is 17.9 Å². The molecule has 10 heteroatoms. The standard InChI is InChI=1S/C38H39FN6O3/c1-26-34(38(47)45(30-11-5-4-6-12-30)32-22-40-41(2)24-32)21-36(42(26)3)35-20-29(39)13-14-33(35)37(46)44-23-28-10-8-7-9-27(28)19-31(44)25-43-15-17-48-18-16-43/h4-14,20-22,24,31H,15-19,23,25H2,1-3H3/t31-/m0/s1. The predicted octanol–water partition coefficient (Wildman–Crippen LogP) is 5.75. The van der Waals surface area contributed by atoms with Crippen LogP contribution in [-0.4, -0.2) is 74.9 Å². The monoisotopic (exact) mass is 646 g/mol.